The van der Waals surface area contributed by atoms with Crippen LogP contribution in [0.1, 0.15) is 55.4 Å². The molecule has 140 valence electrons. The van der Waals surface area contributed by atoms with Crippen molar-refractivity contribution in [2.75, 3.05) is 12.4 Å². The first-order valence-electron chi connectivity index (χ1n) is 9.46. The molecule has 1 saturated carbocycles. The van der Waals surface area contributed by atoms with Gasteiger partial charge < -0.3 is 9.88 Å². The van der Waals surface area contributed by atoms with Gasteiger partial charge in [-0.25, -0.2) is 0 Å². The topological polar surface area (TPSA) is 80.9 Å². The van der Waals surface area contributed by atoms with E-state index in [1.54, 1.807) is 0 Å². The number of carbonyl (C=O) groups is 1. The molecule has 0 bridgehead atoms. The van der Waals surface area contributed by atoms with E-state index in [1.165, 1.54) is 19.3 Å². The lowest BCUT2D eigenvalue weighted by Crippen LogP contribution is -2.48. The Morgan fingerprint density at radius 3 is 2.73 bits per heavy atom. The lowest BCUT2D eigenvalue weighted by atomic mass is 9.86. The number of hydrogen-bond acceptors (Lipinski definition) is 5. The van der Waals surface area contributed by atoms with Crippen LogP contribution >= 0.6 is 0 Å². The van der Waals surface area contributed by atoms with E-state index in [-0.39, 0.29) is 11.9 Å². The molecule has 1 atom stereocenters. The maximum Gasteiger partial charge on any atom is 0.243 e. The number of amides is 1. The van der Waals surface area contributed by atoms with Crippen LogP contribution in [0, 0.1) is 6.92 Å². The number of nitrogens with one attached hydrogen (secondary N) is 1. The molecule has 0 saturated heterocycles. The molecule has 0 spiro atoms. The van der Waals surface area contributed by atoms with Gasteiger partial charge in [0.25, 0.3) is 0 Å². The van der Waals surface area contributed by atoms with Crippen LogP contribution in [0.15, 0.2) is 6.20 Å². The highest BCUT2D eigenvalue weighted by Crippen LogP contribution is 2.35. The molecule has 1 aliphatic carbocycles. The average molecular weight is 357 g/mol. The SMILES string of the molecule is Cc1nnc2n1CC(C(=O)Nc1cn(C)nc1C1CCCCC1)N(C)C2. The van der Waals surface area contributed by atoms with E-state index in [0.717, 1.165) is 35.9 Å². The Hall–Kier alpha value is -2.22. The number of likely N-dealkylation sites (N-methyl/N-ethyl adjacent to an activating group) is 1. The van der Waals surface area contributed by atoms with Gasteiger partial charge >= 0.3 is 0 Å². The lowest BCUT2D eigenvalue weighted by Gasteiger charge is -2.32. The first kappa shape index (κ1) is 17.2. The van der Waals surface area contributed by atoms with Crippen LogP contribution < -0.4 is 5.32 Å². The predicted octanol–water partition coefficient (Wildman–Crippen LogP) is 1.82. The molecule has 2 aliphatic rings. The summed E-state index contributed by atoms with van der Waals surface area (Å²) in [6.45, 7) is 3.13. The van der Waals surface area contributed by atoms with Crippen molar-refractivity contribution in [2.45, 2.75) is 64.1 Å². The molecule has 0 aromatic carbocycles. The highest BCUT2D eigenvalue weighted by Gasteiger charge is 2.32. The zero-order valence-electron chi connectivity index (χ0n) is 15.8. The third-order valence-electron chi connectivity index (χ3n) is 5.70. The van der Waals surface area contributed by atoms with Crippen LogP contribution in [0.3, 0.4) is 0 Å². The van der Waals surface area contributed by atoms with Crippen LogP contribution in [0.25, 0.3) is 0 Å². The van der Waals surface area contributed by atoms with Crippen molar-refractivity contribution in [3.8, 4) is 0 Å². The summed E-state index contributed by atoms with van der Waals surface area (Å²) in [6.07, 6.45) is 8.04. The van der Waals surface area contributed by atoms with Gasteiger partial charge in [0.2, 0.25) is 5.91 Å². The molecule has 1 unspecified atom stereocenters. The molecular weight excluding hydrogens is 330 g/mol. The Kier molecular flexibility index (Phi) is 4.52. The van der Waals surface area contributed by atoms with E-state index in [2.05, 4.69) is 20.6 Å². The van der Waals surface area contributed by atoms with Crippen molar-refractivity contribution in [2.24, 2.45) is 7.05 Å². The van der Waals surface area contributed by atoms with Crippen LogP contribution in [0.4, 0.5) is 5.69 Å². The number of aromatic nitrogens is 5. The lowest BCUT2D eigenvalue weighted by molar-refractivity contribution is -0.122. The quantitative estimate of drug-likeness (QED) is 0.906. The van der Waals surface area contributed by atoms with Crippen molar-refractivity contribution < 1.29 is 4.79 Å². The smallest absolute Gasteiger partial charge is 0.243 e. The minimum absolute atomic E-state index is 0.0105. The minimum atomic E-state index is -0.239. The Morgan fingerprint density at radius 2 is 1.96 bits per heavy atom. The van der Waals surface area contributed by atoms with Gasteiger partial charge in [0, 0.05) is 19.2 Å². The Balaban J connectivity index is 1.52. The monoisotopic (exact) mass is 357 g/mol. The summed E-state index contributed by atoms with van der Waals surface area (Å²) in [7, 11) is 3.88. The van der Waals surface area contributed by atoms with E-state index in [0.29, 0.717) is 19.0 Å². The maximum atomic E-state index is 13.0. The molecule has 1 N–H and O–H groups in total. The van der Waals surface area contributed by atoms with E-state index in [9.17, 15) is 4.79 Å². The fourth-order valence-electron chi connectivity index (χ4n) is 4.20. The molecule has 1 aliphatic heterocycles. The highest BCUT2D eigenvalue weighted by atomic mass is 16.2. The molecule has 26 heavy (non-hydrogen) atoms. The first-order chi connectivity index (χ1) is 12.5. The van der Waals surface area contributed by atoms with Crippen molar-refractivity contribution in [1.29, 1.82) is 0 Å². The molecule has 2 aromatic heterocycles. The summed E-state index contributed by atoms with van der Waals surface area (Å²) in [6, 6.07) is -0.239. The second kappa shape index (κ2) is 6.83. The van der Waals surface area contributed by atoms with Gasteiger partial charge in [-0.05, 0) is 26.8 Å². The molecular formula is C18H27N7O. The van der Waals surface area contributed by atoms with Gasteiger partial charge in [-0.1, -0.05) is 19.3 Å². The third-order valence-corrected chi connectivity index (χ3v) is 5.70. The van der Waals surface area contributed by atoms with Crippen molar-refractivity contribution >= 4 is 11.6 Å². The number of fused-ring (bicyclic) bond motifs is 1. The summed E-state index contributed by atoms with van der Waals surface area (Å²) in [5.74, 6) is 2.24. The second-order valence-electron chi connectivity index (χ2n) is 7.63. The predicted molar refractivity (Wildman–Crippen MR) is 97.7 cm³/mol. The van der Waals surface area contributed by atoms with Crippen LogP contribution in [-0.4, -0.2) is 48.4 Å². The summed E-state index contributed by atoms with van der Waals surface area (Å²) >= 11 is 0. The van der Waals surface area contributed by atoms with Gasteiger partial charge in [-0.15, -0.1) is 10.2 Å². The molecule has 8 nitrogen and oxygen atoms in total. The van der Waals surface area contributed by atoms with E-state index in [1.807, 2.05) is 41.4 Å². The molecule has 8 heteroatoms. The zero-order chi connectivity index (χ0) is 18.3. The van der Waals surface area contributed by atoms with Crippen LogP contribution in [-0.2, 0) is 24.9 Å². The summed E-state index contributed by atoms with van der Waals surface area (Å²) < 4.78 is 3.85. The van der Waals surface area contributed by atoms with Crippen molar-refractivity contribution in [3.63, 3.8) is 0 Å². The van der Waals surface area contributed by atoms with Crippen molar-refractivity contribution in [1.82, 2.24) is 29.4 Å². The van der Waals surface area contributed by atoms with Crippen LogP contribution in [0.2, 0.25) is 0 Å². The van der Waals surface area contributed by atoms with Crippen molar-refractivity contribution in [3.05, 3.63) is 23.5 Å². The largest absolute Gasteiger partial charge is 0.322 e. The third kappa shape index (κ3) is 3.13. The molecule has 0 radical (unpaired) electrons. The summed E-state index contributed by atoms with van der Waals surface area (Å²) in [5.41, 5.74) is 1.91. The number of rotatable bonds is 3. The molecule has 1 amide bonds. The Bertz CT molecular complexity index is 803. The molecule has 4 rings (SSSR count). The highest BCUT2D eigenvalue weighted by molar-refractivity contribution is 5.95. The Morgan fingerprint density at radius 1 is 1.19 bits per heavy atom. The van der Waals surface area contributed by atoms with Gasteiger partial charge in [-0.2, -0.15) is 5.10 Å². The van der Waals surface area contributed by atoms with Crippen LogP contribution in [0.5, 0.6) is 0 Å². The van der Waals surface area contributed by atoms with Gasteiger partial charge in [0.15, 0.2) is 0 Å². The summed E-state index contributed by atoms with van der Waals surface area (Å²) in [5, 5.41) is 16.1. The number of hydrogen-bond donors (Lipinski definition) is 1. The van der Waals surface area contributed by atoms with Gasteiger partial charge in [0.1, 0.15) is 17.7 Å². The normalized spacial score (nSPS) is 21.6. The molecule has 3 heterocycles. The molecule has 2 aromatic rings. The van der Waals surface area contributed by atoms with E-state index < -0.39 is 0 Å². The van der Waals surface area contributed by atoms with E-state index in [4.69, 9.17) is 0 Å². The number of anilines is 1. The fraction of sp³-hybridized carbons (Fsp3) is 0.667. The minimum Gasteiger partial charge on any atom is -0.322 e. The van der Waals surface area contributed by atoms with Gasteiger partial charge in [0.05, 0.1) is 24.5 Å². The summed E-state index contributed by atoms with van der Waals surface area (Å²) in [4.78, 5) is 15.1. The number of aryl methyl sites for hydroxylation is 2. The number of nitrogens with zero attached hydrogens (tertiary/aromatic N) is 6. The maximum absolute atomic E-state index is 13.0. The Labute approximate surface area is 153 Å². The zero-order valence-corrected chi connectivity index (χ0v) is 15.8. The average Bonchev–Trinajstić information content (AvgIpc) is 3.17. The van der Waals surface area contributed by atoms with Gasteiger partial charge in [-0.3, -0.25) is 14.4 Å². The standard InChI is InChI=1S/C18H27N7O/c1-12-20-21-16-11-23(2)15(10-25(12)16)18(26)19-14-9-24(3)22-17(14)13-7-5-4-6-8-13/h9,13,15H,4-8,10-11H2,1-3H3,(H,19,26). The van der Waals surface area contributed by atoms with E-state index >= 15 is 0 Å². The number of carbonyl (C=O) groups excluding carboxylic acids is 1. The molecule has 1 fully saturated rings. The fourth-order valence-corrected chi connectivity index (χ4v) is 4.20. The second-order valence-corrected chi connectivity index (χ2v) is 7.63. The first-order valence-corrected chi connectivity index (χ1v) is 9.46.